The van der Waals surface area contributed by atoms with E-state index in [1.54, 1.807) is 11.9 Å². The smallest absolute Gasteiger partial charge is 0.410 e. The fourth-order valence-corrected chi connectivity index (χ4v) is 1.79. The molecule has 1 saturated carbocycles. The first-order valence-corrected chi connectivity index (χ1v) is 6.52. The van der Waals surface area contributed by atoms with Crippen molar-refractivity contribution in [1.82, 2.24) is 4.90 Å². The zero-order chi connectivity index (χ0) is 13.8. The Hall–Kier alpha value is -1.03. The number of carbonyl (C=O) groups is 1. The zero-order valence-electron chi connectivity index (χ0n) is 11.9. The Kier molecular flexibility index (Phi) is 5.20. The summed E-state index contributed by atoms with van der Waals surface area (Å²) in [6.07, 6.45) is 4.54. The van der Waals surface area contributed by atoms with Gasteiger partial charge in [0.25, 0.3) is 0 Å². The second-order valence-corrected chi connectivity index (χ2v) is 5.79. The molecule has 0 aromatic heterocycles. The van der Waals surface area contributed by atoms with Crippen LogP contribution < -0.4 is 0 Å². The van der Waals surface area contributed by atoms with Crippen molar-refractivity contribution in [3.8, 4) is 0 Å². The third kappa shape index (κ3) is 4.69. The normalized spacial score (nSPS) is 23.1. The molecule has 18 heavy (non-hydrogen) atoms. The first kappa shape index (κ1) is 15.0. The first-order chi connectivity index (χ1) is 8.33. The van der Waals surface area contributed by atoms with Gasteiger partial charge in [-0.3, -0.25) is 0 Å². The maximum absolute atomic E-state index is 11.8. The fraction of sp³-hybridized carbons (Fsp3) is 0.786. The second-order valence-electron chi connectivity index (χ2n) is 5.79. The van der Waals surface area contributed by atoms with Crippen LogP contribution >= 0.6 is 0 Å². The topological polar surface area (TPSA) is 38.8 Å². The van der Waals surface area contributed by atoms with Crippen LogP contribution in [-0.4, -0.2) is 42.4 Å². The second kappa shape index (κ2) is 6.23. The Morgan fingerprint density at radius 1 is 1.44 bits per heavy atom. The fourth-order valence-electron chi connectivity index (χ4n) is 1.79. The predicted molar refractivity (Wildman–Crippen MR) is 71.6 cm³/mol. The maximum Gasteiger partial charge on any atom is 0.410 e. The van der Waals surface area contributed by atoms with Gasteiger partial charge in [0, 0.05) is 13.1 Å². The van der Waals surface area contributed by atoms with Crippen molar-refractivity contribution in [1.29, 1.82) is 0 Å². The molecule has 1 rings (SSSR count). The largest absolute Gasteiger partial charge is 0.444 e. The summed E-state index contributed by atoms with van der Waals surface area (Å²) in [6.45, 7) is 10.00. The lowest BCUT2D eigenvalue weighted by atomic mass is 9.88. The Balaban J connectivity index is 2.24. The molecule has 0 heterocycles. The van der Waals surface area contributed by atoms with E-state index < -0.39 is 5.60 Å². The Bertz CT molecular complexity index is 290. The minimum absolute atomic E-state index is 0.244. The van der Waals surface area contributed by atoms with Crippen LogP contribution in [0, 0.1) is 0 Å². The van der Waals surface area contributed by atoms with E-state index in [9.17, 15) is 4.79 Å². The van der Waals surface area contributed by atoms with E-state index in [1.807, 2.05) is 26.8 Å². The van der Waals surface area contributed by atoms with E-state index in [2.05, 4.69) is 6.58 Å². The van der Waals surface area contributed by atoms with Gasteiger partial charge in [-0.05, 0) is 40.0 Å². The van der Waals surface area contributed by atoms with Crippen molar-refractivity contribution in [3.63, 3.8) is 0 Å². The average Bonchev–Trinajstić information content (AvgIpc) is 2.18. The Morgan fingerprint density at radius 2 is 2.06 bits per heavy atom. The summed E-state index contributed by atoms with van der Waals surface area (Å²) in [7, 11) is 1.79. The molecule has 0 atom stereocenters. The predicted octanol–water partition coefficient (Wildman–Crippen LogP) is 2.98. The van der Waals surface area contributed by atoms with E-state index in [-0.39, 0.29) is 18.2 Å². The molecule has 0 unspecified atom stereocenters. The summed E-state index contributed by atoms with van der Waals surface area (Å²) >= 11 is 0. The van der Waals surface area contributed by atoms with Crippen molar-refractivity contribution in [3.05, 3.63) is 12.7 Å². The zero-order valence-corrected chi connectivity index (χ0v) is 11.9. The van der Waals surface area contributed by atoms with Gasteiger partial charge in [0.15, 0.2) is 0 Å². The number of amides is 1. The van der Waals surface area contributed by atoms with Crippen LogP contribution in [0.1, 0.15) is 40.0 Å². The Labute approximate surface area is 110 Å². The van der Waals surface area contributed by atoms with Gasteiger partial charge in [-0.25, -0.2) is 4.79 Å². The van der Waals surface area contributed by atoms with Gasteiger partial charge in [-0.1, -0.05) is 6.08 Å². The third-order valence-electron chi connectivity index (χ3n) is 2.97. The monoisotopic (exact) mass is 255 g/mol. The van der Waals surface area contributed by atoms with Crippen molar-refractivity contribution in [2.24, 2.45) is 0 Å². The van der Waals surface area contributed by atoms with Gasteiger partial charge in [-0.2, -0.15) is 0 Å². The van der Waals surface area contributed by atoms with Crippen molar-refractivity contribution in [2.45, 2.75) is 57.8 Å². The van der Waals surface area contributed by atoms with Crippen molar-refractivity contribution >= 4 is 6.09 Å². The highest BCUT2D eigenvalue weighted by Crippen LogP contribution is 2.28. The van der Waals surface area contributed by atoms with Crippen LogP contribution in [0.2, 0.25) is 0 Å². The summed E-state index contributed by atoms with van der Waals surface area (Å²) in [5, 5.41) is 0. The number of nitrogens with zero attached hydrogens (tertiary/aromatic N) is 1. The summed E-state index contributed by atoms with van der Waals surface area (Å²) in [6, 6.07) is 0.244. The van der Waals surface area contributed by atoms with E-state index in [0.29, 0.717) is 0 Å². The molecule has 4 nitrogen and oxygen atoms in total. The highest BCUT2D eigenvalue weighted by Gasteiger charge is 2.36. The van der Waals surface area contributed by atoms with Gasteiger partial charge in [0.05, 0.1) is 12.7 Å². The molecule has 0 saturated heterocycles. The van der Waals surface area contributed by atoms with Gasteiger partial charge in [-0.15, -0.1) is 6.58 Å². The summed E-state index contributed by atoms with van der Waals surface area (Å²) in [4.78, 5) is 13.5. The molecule has 1 amide bonds. The average molecular weight is 255 g/mol. The summed E-state index contributed by atoms with van der Waals surface area (Å²) in [5.41, 5.74) is -0.436. The number of ether oxygens (including phenoxy) is 2. The van der Waals surface area contributed by atoms with Gasteiger partial charge in [0.2, 0.25) is 0 Å². The summed E-state index contributed by atoms with van der Waals surface area (Å²) < 4.78 is 11.0. The lowest BCUT2D eigenvalue weighted by molar-refractivity contribution is -0.0497. The standard InChI is InChI=1S/C14H25NO3/c1-6-7-8-17-12-9-11(10-12)15(5)13(16)18-14(2,3)4/h6,11-12H,1,7-10H2,2-5H3. The van der Waals surface area contributed by atoms with Crippen LogP contribution in [0.4, 0.5) is 4.79 Å². The van der Waals surface area contributed by atoms with Gasteiger partial charge in [0.1, 0.15) is 5.60 Å². The Morgan fingerprint density at radius 3 is 2.56 bits per heavy atom. The number of hydrogen-bond donors (Lipinski definition) is 0. The van der Waals surface area contributed by atoms with Crippen LogP contribution in [0.3, 0.4) is 0 Å². The molecular formula is C14H25NO3. The van der Waals surface area contributed by atoms with Gasteiger partial charge >= 0.3 is 6.09 Å². The molecule has 104 valence electrons. The highest BCUT2D eigenvalue weighted by atomic mass is 16.6. The lowest BCUT2D eigenvalue weighted by Crippen LogP contribution is -2.50. The van der Waals surface area contributed by atoms with Crippen LogP contribution in [0.25, 0.3) is 0 Å². The molecular weight excluding hydrogens is 230 g/mol. The van der Waals surface area contributed by atoms with E-state index in [0.717, 1.165) is 25.9 Å². The molecule has 0 bridgehead atoms. The van der Waals surface area contributed by atoms with Crippen LogP contribution in [0.5, 0.6) is 0 Å². The molecule has 1 fully saturated rings. The molecule has 0 aromatic carbocycles. The number of hydrogen-bond acceptors (Lipinski definition) is 3. The van der Waals surface area contributed by atoms with Crippen molar-refractivity contribution in [2.75, 3.05) is 13.7 Å². The van der Waals surface area contributed by atoms with E-state index in [4.69, 9.17) is 9.47 Å². The highest BCUT2D eigenvalue weighted by molar-refractivity contribution is 5.68. The molecule has 1 aliphatic carbocycles. The molecule has 0 aromatic rings. The third-order valence-corrected chi connectivity index (χ3v) is 2.97. The SMILES string of the molecule is C=CCCOC1CC(N(C)C(=O)OC(C)(C)C)C1. The maximum atomic E-state index is 11.8. The summed E-state index contributed by atoms with van der Waals surface area (Å²) in [5.74, 6) is 0. The van der Waals surface area contributed by atoms with Gasteiger partial charge < -0.3 is 14.4 Å². The quantitative estimate of drug-likeness (QED) is 0.560. The molecule has 0 radical (unpaired) electrons. The lowest BCUT2D eigenvalue weighted by Gasteiger charge is -2.41. The van der Waals surface area contributed by atoms with Crippen LogP contribution in [-0.2, 0) is 9.47 Å². The first-order valence-electron chi connectivity index (χ1n) is 6.52. The van der Waals surface area contributed by atoms with Crippen LogP contribution in [0.15, 0.2) is 12.7 Å². The molecule has 0 aliphatic heterocycles. The number of rotatable bonds is 5. The molecule has 0 N–H and O–H groups in total. The minimum Gasteiger partial charge on any atom is -0.444 e. The van der Waals surface area contributed by atoms with E-state index in [1.165, 1.54) is 0 Å². The van der Waals surface area contributed by atoms with Crippen molar-refractivity contribution < 1.29 is 14.3 Å². The number of carbonyl (C=O) groups excluding carboxylic acids is 1. The molecule has 0 spiro atoms. The minimum atomic E-state index is -0.436. The molecule has 4 heteroatoms. The molecule has 1 aliphatic rings. The van der Waals surface area contributed by atoms with E-state index >= 15 is 0 Å².